The molecule has 2 heterocycles. The van der Waals surface area contributed by atoms with Gasteiger partial charge in [0.25, 0.3) is 0 Å². The van der Waals surface area contributed by atoms with Gasteiger partial charge in [0.05, 0.1) is 0 Å². The Kier molecular flexibility index (Phi) is 12.7. The van der Waals surface area contributed by atoms with Gasteiger partial charge in [0.1, 0.15) is 49.2 Å². The van der Waals surface area contributed by atoms with Crippen molar-refractivity contribution in [3.63, 3.8) is 0 Å². The Balaban J connectivity index is 0.947. The molecule has 4 aliphatic carbocycles. The van der Waals surface area contributed by atoms with Crippen molar-refractivity contribution < 1.29 is 38.1 Å². The Morgan fingerprint density at radius 1 is 0.623 bits per heavy atom. The first-order valence-electron chi connectivity index (χ1n) is 25.6. The summed E-state index contributed by atoms with van der Waals surface area (Å²) in [6, 6.07) is 32.2. The fraction of sp³-hybridized carbons (Fsp3) is 0.492. The number of hydrogen-bond donors (Lipinski definition) is 0. The van der Waals surface area contributed by atoms with Gasteiger partial charge in [0.15, 0.2) is 0 Å². The molecule has 0 N–H and O–H groups in total. The van der Waals surface area contributed by atoms with E-state index in [-0.39, 0.29) is 37.0 Å². The van der Waals surface area contributed by atoms with Gasteiger partial charge in [0.2, 0.25) is 0 Å². The fourth-order valence-corrected chi connectivity index (χ4v) is 14.7. The number of carbonyl (C=O) groups is 4. The van der Waals surface area contributed by atoms with Crippen molar-refractivity contribution in [3.05, 3.63) is 120 Å². The van der Waals surface area contributed by atoms with Crippen molar-refractivity contribution in [2.24, 2.45) is 46.3 Å². The first-order valence-corrected chi connectivity index (χ1v) is 25.6. The molecule has 6 fully saturated rings. The van der Waals surface area contributed by atoms with Gasteiger partial charge < -0.3 is 28.7 Å². The zero-order valence-electron chi connectivity index (χ0n) is 41.0. The molecule has 0 bridgehead atoms. The normalized spacial score (nSPS) is 28.9. The third-order valence-electron chi connectivity index (χ3n) is 18.0. The van der Waals surface area contributed by atoms with Crippen LogP contribution in [0.1, 0.15) is 116 Å². The molecule has 0 spiro atoms. The molecule has 0 amide bonds. The van der Waals surface area contributed by atoms with Crippen molar-refractivity contribution in [1.82, 2.24) is 0 Å². The SMILES string of the molecule is CC(C)=CCCC(C)C1CCC2C3CCC4CC(c5cccc(Oc6cccc(N7CC(=O)OC(=O)C7)c6)c5)(c5cccc(Oc6cccc(N7CC(=O)OC(=O)C7)c6)c5)CCC4(C)C3CCC12C. The number of esters is 4. The van der Waals surface area contributed by atoms with Crippen LogP contribution in [0.15, 0.2) is 109 Å². The number of fused-ring (bicyclic) bond motifs is 5. The van der Waals surface area contributed by atoms with Crippen molar-refractivity contribution in [1.29, 1.82) is 0 Å². The molecule has 69 heavy (non-hydrogen) atoms. The van der Waals surface area contributed by atoms with E-state index < -0.39 is 23.9 Å². The Bertz CT molecular complexity index is 2490. The summed E-state index contributed by atoms with van der Waals surface area (Å²) in [6.45, 7) is 12.3. The number of anilines is 2. The van der Waals surface area contributed by atoms with Crippen molar-refractivity contribution >= 4 is 35.3 Å². The summed E-state index contributed by atoms with van der Waals surface area (Å²) >= 11 is 0. The summed E-state index contributed by atoms with van der Waals surface area (Å²) in [5.74, 6) is 4.83. The maximum atomic E-state index is 12.1. The molecule has 8 unspecified atom stereocenters. The maximum absolute atomic E-state index is 12.1. The van der Waals surface area contributed by atoms with Gasteiger partial charge in [-0.15, -0.1) is 0 Å². The van der Waals surface area contributed by atoms with Crippen molar-refractivity contribution in [2.45, 2.75) is 111 Å². The number of nitrogens with zero attached hydrogens (tertiary/aromatic N) is 2. The average molecular weight is 933 g/mol. The van der Waals surface area contributed by atoms with Crippen LogP contribution in [0.2, 0.25) is 0 Å². The van der Waals surface area contributed by atoms with Gasteiger partial charge in [-0.3, -0.25) is 0 Å². The summed E-state index contributed by atoms with van der Waals surface area (Å²) in [7, 11) is 0. The van der Waals surface area contributed by atoms with Gasteiger partial charge in [-0.2, -0.15) is 0 Å². The van der Waals surface area contributed by atoms with Gasteiger partial charge in [0, 0.05) is 28.9 Å². The third kappa shape index (κ3) is 9.21. The predicted octanol–water partition coefficient (Wildman–Crippen LogP) is 12.4. The predicted molar refractivity (Wildman–Crippen MR) is 266 cm³/mol. The van der Waals surface area contributed by atoms with Gasteiger partial charge >= 0.3 is 23.9 Å². The molecule has 10 rings (SSSR count). The molecule has 0 radical (unpaired) electrons. The molecular weight excluding hydrogens is 865 g/mol. The molecule has 8 atom stereocenters. The zero-order valence-corrected chi connectivity index (χ0v) is 41.0. The molecule has 2 saturated heterocycles. The number of benzene rings is 4. The fourth-order valence-electron chi connectivity index (χ4n) is 14.7. The maximum Gasteiger partial charge on any atom is 0.333 e. The van der Waals surface area contributed by atoms with Gasteiger partial charge in [-0.05, 0) is 190 Å². The minimum Gasteiger partial charge on any atom is -0.457 e. The lowest BCUT2D eigenvalue weighted by atomic mass is 9.42. The van der Waals surface area contributed by atoms with E-state index in [1.54, 1.807) is 9.80 Å². The van der Waals surface area contributed by atoms with Crippen LogP contribution in [0.25, 0.3) is 0 Å². The van der Waals surface area contributed by atoms with Crippen LogP contribution in [0, 0.1) is 46.3 Å². The second kappa shape index (κ2) is 18.8. The van der Waals surface area contributed by atoms with Crippen LogP contribution in [0.5, 0.6) is 23.0 Å². The van der Waals surface area contributed by atoms with Crippen LogP contribution in [0.4, 0.5) is 11.4 Å². The van der Waals surface area contributed by atoms with E-state index in [4.69, 9.17) is 18.9 Å². The third-order valence-corrected chi connectivity index (χ3v) is 18.0. The number of rotatable bonds is 12. The quantitative estimate of drug-likeness (QED) is 0.0773. The van der Waals surface area contributed by atoms with Gasteiger partial charge in [-0.1, -0.05) is 68.8 Å². The molecular formula is C59H68N2O8. The highest BCUT2D eigenvalue weighted by molar-refractivity contribution is 5.95. The summed E-state index contributed by atoms with van der Waals surface area (Å²) in [4.78, 5) is 52.0. The van der Waals surface area contributed by atoms with E-state index in [0.29, 0.717) is 34.2 Å². The van der Waals surface area contributed by atoms with Crippen LogP contribution >= 0.6 is 0 Å². The first-order chi connectivity index (χ1) is 33.2. The minimum absolute atomic E-state index is 0.00439. The van der Waals surface area contributed by atoms with E-state index in [0.717, 1.165) is 60.4 Å². The van der Waals surface area contributed by atoms with E-state index in [1.165, 1.54) is 68.1 Å². The van der Waals surface area contributed by atoms with E-state index in [9.17, 15) is 19.2 Å². The number of hydrogen-bond acceptors (Lipinski definition) is 10. The number of cyclic esters (lactones) is 4. The molecule has 6 aliphatic rings. The Labute approximate surface area is 407 Å². The van der Waals surface area contributed by atoms with Crippen molar-refractivity contribution in [2.75, 3.05) is 36.0 Å². The van der Waals surface area contributed by atoms with E-state index in [1.807, 2.05) is 60.7 Å². The molecule has 10 heteroatoms. The molecule has 4 saturated carbocycles. The lowest BCUT2D eigenvalue weighted by Crippen LogP contribution is -2.55. The van der Waals surface area contributed by atoms with E-state index >= 15 is 0 Å². The van der Waals surface area contributed by atoms with Crippen LogP contribution in [0.3, 0.4) is 0 Å². The highest BCUT2D eigenvalue weighted by atomic mass is 16.6. The number of carbonyl (C=O) groups excluding carboxylic acids is 4. The summed E-state index contributed by atoms with van der Waals surface area (Å²) in [5.41, 5.74) is 5.63. The Morgan fingerprint density at radius 2 is 1.13 bits per heavy atom. The molecule has 2 aliphatic heterocycles. The largest absolute Gasteiger partial charge is 0.457 e. The lowest BCUT2D eigenvalue weighted by molar-refractivity contribution is -0.161. The summed E-state index contributed by atoms with van der Waals surface area (Å²) in [5, 5.41) is 0. The number of morpholine rings is 2. The first kappa shape index (κ1) is 46.8. The van der Waals surface area contributed by atoms with Crippen molar-refractivity contribution in [3.8, 4) is 23.0 Å². The smallest absolute Gasteiger partial charge is 0.333 e. The highest BCUT2D eigenvalue weighted by Crippen LogP contribution is 2.70. The second-order valence-electron chi connectivity index (χ2n) is 22.2. The Morgan fingerprint density at radius 3 is 1.67 bits per heavy atom. The summed E-state index contributed by atoms with van der Waals surface area (Å²) < 4.78 is 22.9. The molecule has 362 valence electrons. The molecule has 10 nitrogen and oxygen atoms in total. The van der Waals surface area contributed by atoms with E-state index in [2.05, 4.69) is 77.1 Å². The molecule has 4 aromatic carbocycles. The van der Waals surface area contributed by atoms with Crippen LogP contribution < -0.4 is 19.3 Å². The minimum atomic E-state index is -0.566. The number of allylic oxidation sites excluding steroid dienone is 2. The van der Waals surface area contributed by atoms with Gasteiger partial charge in [-0.25, -0.2) is 19.2 Å². The topological polar surface area (TPSA) is 112 Å². The molecule has 0 aromatic heterocycles. The monoisotopic (exact) mass is 932 g/mol. The van der Waals surface area contributed by atoms with Crippen LogP contribution in [-0.2, 0) is 34.1 Å². The standard InChI is InChI=1S/C59H68N2O8/c1-38(2)11-6-12-39(3)50-23-24-51-49-22-21-42-33-59(28-27-57(42,4)52(49)25-26-58(50,51)5,40-13-7-17-45(29-40)66-47-19-9-15-43(31-47)60-34-53(62)68-54(63)35-60)41-14-8-18-46(30-41)67-48-20-10-16-44(32-48)61-36-55(64)69-56(65)37-61/h7-11,13-20,29-32,39,42,49-52H,6,12,21-28,33-37H2,1-5H3. The Hall–Kier alpha value is -5.90. The summed E-state index contributed by atoms with van der Waals surface area (Å²) in [6.07, 6.45) is 16.1. The lowest BCUT2D eigenvalue weighted by Gasteiger charge is -2.63. The second-order valence-corrected chi connectivity index (χ2v) is 22.2. The zero-order chi connectivity index (χ0) is 48.1. The number of ether oxygens (including phenoxy) is 4. The molecule has 4 aromatic rings. The average Bonchev–Trinajstić information content (AvgIpc) is 3.68. The van der Waals surface area contributed by atoms with Crippen LogP contribution in [-0.4, -0.2) is 50.1 Å². The highest BCUT2D eigenvalue weighted by Gasteiger charge is 2.62.